The number of rotatable bonds is 12. The van der Waals surface area contributed by atoms with E-state index in [1.165, 1.54) is 49.3 Å². The Kier molecular flexibility index (Phi) is 35.7. The Morgan fingerprint density at radius 2 is 1.13 bits per heavy atom. The second-order valence-corrected chi connectivity index (χ2v) is 7.06. The minimum atomic E-state index is 0. The van der Waals surface area contributed by atoms with Gasteiger partial charge in [-0.25, -0.2) is 0 Å². The van der Waals surface area contributed by atoms with E-state index in [0.717, 1.165) is 39.3 Å². The maximum Gasteiger partial charge on any atom is 4.00 e. The molecule has 0 fully saturated rings. The van der Waals surface area contributed by atoms with Crippen molar-refractivity contribution in [2.75, 3.05) is 39.3 Å². The number of benzene rings is 1. The van der Waals surface area contributed by atoms with Crippen LogP contribution in [-0.2, 0) is 21.7 Å². The van der Waals surface area contributed by atoms with E-state index < -0.39 is 0 Å². The van der Waals surface area contributed by atoms with Gasteiger partial charge in [-0.05, 0) is 0 Å². The van der Waals surface area contributed by atoms with Crippen molar-refractivity contribution < 1.29 is 21.7 Å². The first-order chi connectivity index (χ1) is 14.7. The van der Waals surface area contributed by atoms with Gasteiger partial charge in [0.15, 0.2) is 0 Å². The maximum atomic E-state index is 4.35. The van der Waals surface area contributed by atoms with Crippen molar-refractivity contribution in [3.63, 3.8) is 0 Å². The van der Waals surface area contributed by atoms with E-state index in [1.807, 2.05) is 13.8 Å². The topological polar surface area (TPSA) is 42.3 Å². The van der Waals surface area contributed by atoms with E-state index in [-0.39, 0.29) is 21.7 Å². The fourth-order valence-corrected chi connectivity index (χ4v) is 2.37. The molecule has 2 aromatic rings. The predicted octanol–water partition coefficient (Wildman–Crippen LogP) is 9.10. The van der Waals surface area contributed by atoms with E-state index in [2.05, 4.69) is 86.1 Å². The molecule has 0 saturated carbocycles. The summed E-state index contributed by atoms with van der Waals surface area (Å²) in [6.45, 7) is 19.0. The molecule has 0 spiro atoms. The fourth-order valence-electron chi connectivity index (χ4n) is 2.37. The van der Waals surface area contributed by atoms with E-state index in [4.69, 9.17) is 0 Å². The van der Waals surface area contributed by atoms with Gasteiger partial charge in [-0.1, -0.05) is 86.1 Å². The van der Waals surface area contributed by atoms with Crippen LogP contribution in [0.25, 0.3) is 26.7 Å². The molecule has 0 aliphatic heterocycles. The van der Waals surface area contributed by atoms with Gasteiger partial charge in [-0.3, -0.25) is 0 Å². The zero-order valence-corrected chi connectivity index (χ0v) is 22.9. The molecule has 31 heavy (non-hydrogen) atoms. The van der Waals surface area contributed by atoms with Crippen molar-refractivity contribution in [3.05, 3.63) is 58.4 Å². The second-order valence-electron chi connectivity index (χ2n) is 7.06. The monoisotopic (exact) mass is 463 g/mol. The van der Waals surface area contributed by atoms with Crippen LogP contribution in [0.1, 0.15) is 80.1 Å². The molecule has 0 aliphatic carbocycles. The molecule has 4 heteroatoms. The summed E-state index contributed by atoms with van der Waals surface area (Å²) in [5.41, 5.74) is 0. The summed E-state index contributed by atoms with van der Waals surface area (Å²) in [4.78, 5) is 0. The predicted molar refractivity (Wildman–Crippen MR) is 141 cm³/mol. The molecule has 2 aromatic carbocycles. The second kappa shape index (κ2) is 31.6. The summed E-state index contributed by atoms with van der Waals surface area (Å²) in [5.74, 6) is 0. The molecule has 0 aliphatic rings. The molecule has 0 atom stereocenters. The Labute approximate surface area is 209 Å². The van der Waals surface area contributed by atoms with Gasteiger partial charge in [0, 0.05) is 0 Å². The van der Waals surface area contributed by atoms with Gasteiger partial charge in [-0.2, -0.15) is 30.6 Å². The summed E-state index contributed by atoms with van der Waals surface area (Å²) in [5, 5.41) is 15.2. The molecule has 0 saturated heterocycles. The summed E-state index contributed by atoms with van der Waals surface area (Å²) < 4.78 is 0. The first kappa shape index (κ1) is 35.0. The minimum absolute atomic E-state index is 0. The first-order valence-electron chi connectivity index (χ1n) is 12.2. The maximum absolute atomic E-state index is 4.35. The van der Waals surface area contributed by atoms with Crippen LogP contribution in [0, 0.1) is 0 Å². The first-order valence-corrected chi connectivity index (χ1v) is 12.2. The molecular formula is C27H49N3Ti. The molecule has 2 rings (SSSR count). The van der Waals surface area contributed by atoms with Crippen LogP contribution in [0.4, 0.5) is 0 Å². The summed E-state index contributed by atoms with van der Waals surface area (Å²) in [7, 11) is 0. The molecule has 0 heterocycles. The average Bonchev–Trinajstić information content (AvgIpc) is 3.25. The third kappa shape index (κ3) is 27.4. The normalized spacial score (nSPS) is 9.35. The molecular weight excluding hydrogens is 414 g/mol. The Hall–Kier alpha value is -0.576. The van der Waals surface area contributed by atoms with E-state index in [1.54, 1.807) is 0 Å². The van der Waals surface area contributed by atoms with Gasteiger partial charge in [0.05, 0.1) is 0 Å². The molecule has 0 radical (unpaired) electrons. The van der Waals surface area contributed by atoms with Gasteiger partial charge in [0.2, 0.25) is 0 Å². The summed E-state index contributed by atoms with van der Waals surface area (Å²) >= 11 is 0. The van der Waals surface area contributed by atoms with Crippen molar-refractivity contribution >= 4 is 10.8 Å². The number of hydrogen-bond acceptors (Lipinski definition) is 0. The molecule has 3 nitrogen and oxygen atoms in total. The average molecular weight is 464 g/mol. The Balaban J connectivity index is -0.000000342. The largest absolute Gasteiger partial charge is 4.00 e. The van der Waals surface area contributed by atoms with E-state index >= 15 is 0 Å². The van der Waals surface area contributed by atoms with E-state index in [9.17, 15) is 0 Å². The molecule has 0 unspecified atom stereocenters. The van der Waals surface area contributed by atoms with Gasteiger partial charge < -0.3 is 16.0 Å². The Morgan fingerprint density at radius 3 is 1.55 bits per heavy atom. The smallest absolute Gasteiger partial charge is 0.663 e. The Morgan fingerprint density at radius 1 is 0.613 bits per heavy atom. The standard InChI is InChI=1S/C9H7.C8H18N.C6H14N.C4H10N.Ti/c1-2-5-9-7-3-6-8(9)4-1;1-3-5-7-9-8-6-4-2;1-3-5-7-6-4-2;1-3-5-4-2;/h1-7H;3-8H2,1-2H3;3-6H2,1-2H3;3-4H2,1-2H3;/q4*-1;+4. The van der Waals surface area contributed by atoms with Gasteiger partial charge >= 0.3 is 21.7 Å². The third-order valence-electron chi connectivity index (χ3n) is 4.10. The quantitative estimate of drug-likeness (QED) is 0.171. The third-order valence-corrected chi connectivity index (χ3v) is 4.10. The minimum Gasteiger partial charge on any atom is -0.663 e. The molecule has 0 amide bonds. The zero-order valence-electron chi connectivity index (χ0n) is 21.4. The van der Waals surface area contributed by atoms with Gasteiger partial charge in [0.25, 0.3) is 0 Å². The summed E-state index contributed by atoms with van der Waals surface area (Å²) in [6.07, 6.45) is 7.47. The number of fused-ring (bicyclic) bond motifs is 1. The van der Waals surface area contributed by atoms with Crippen LogP contribution in [0.5, 0.6) is 0 Å². The van der Waals surface area contributed by atoms with E-state index in [0.29, 0.717) is 0 Å². The number of hydrogen-bond donors (Lipinski definition) is 0. The number of unbranched alkanes of at least 4 members (excludes halogenated alkanes) is 2. The summed E-state index contributed by atoms with van der Waals surface area (Å²) in [6, 6.07) is 14.7. The SMILES string of the molecule is CCCC[N-]CCCC.CCC[N-]CCC.CC[N-]CC.[Ti+4].c1ccc2[cH-]ccc2c1. The fraction of sp³-hybridized carbons (Fsp3) is 0.667. The molecule has 0 bridgehead atoms. The van der Waals surface area contributed by atoms with Gasteiger partial charge in [-0.15, -0.1) is 55.8 Å². The molecule has 0 N–H and O–H groups in total. The Bertz CT molecular complexity index is 486. The molecule has 0 aromatic heterocycles. The van der Waals surface area contributed by atoms with Crippen LogP contribution in [-0.4, -0.2) is 39.3 Å². The van der Waals surface area contributed by atoms with Crippen LogP contribution in [0.15, 0.2) is 42.5 Å². The van der Waals surface area contributed by atoms with Crippen LogP contribution in [0.3, 0.4) is 0 Å². The van der Waals surface area contributed by atoms with Crippen LogP contribution in [0.2, 0.25) is 0 Å². The van der Waals surface area contributed by atoms with Crippen LogP contribution >= 0.6 is 0 Å². The van der Waals surface area contributed by atoms with Crippen molar-refractivity contribution in [2.45, 2.75) is 80.1 Å². The van der Waals surface area contributed by atoms with Crippen LogP contribution < -0.4 is 0 Å². The van der Waals surface area contributed by atoms with Crippen molar-refractivity contribution in [1.29, 1.82) is 0 Å². The molecule has 176 valence electrons. The van der Waals surface area contributed by atoms with Crippen molar-refractivity contribution in [2.24, 2.45) is 0 Å². The zero-order chi connectivity index (χ0) is 22.7. The number of nitrogens with zero attached hydrogens (tertiary/aromatic N) is 3. The van der Waals surface area contributed by atoms with Gasteiger partial charge in [0.1, 0.15) is 0 Å². The van der Waals surface area contributed by atoms with Crippen molar-refractivity contribution in [1.82, 2.24) is 0 Å². The van der Waals surface area contributed by atoms with Crippen molar-refractivity contribution in [3.8, 4) is 0 Å².